The van der Waals surface area contributed by atoms with Crippen LogP contribution in [0, 0.1) is 10.6 Å². The first kappa shape index (κ1) is 19.4. The van der Waals surface area contributed by atoms with Gasteiger partial charge in [0.15, 0.2) is 6.67 Å². The lowest BCUT2D eigenvalue weighted by molar-refractivity contribution is -0.924. The van der Waals surface area contributed by atoms with Crippen LogP contribution in [0.1, 0.15) is 6.92 Å². The number of anilines is 2. The Morgan fingerprint density at radius 2 is 1.75 bits per heavy atom. The smallest absolute Gasteiger partial charge is 0.226 e. The summed E-state index contributed by atoms with van der Waals surface area (Å²) < 4.78 is 23.5. The van der Waals surface area contributed by atoms with Crippen molar-refractivity contribution in [2.75, 3.05) is 62.3 Å². The molecule has 2 aromatic rings. The largest absolute Gasteiger partial charge is 0.378 e. The number of morpholine rings is 1. The summed E-state index contributed by atoms with van der Waals surface area (Å²) >= 11 is 5.71. The number of ether oxygens (including phenoxy) is 1. The lowest BCUT2D eigenvalue weighted by Gasteiger charge is -2.33. The molecule has 2 fully saturated rings. The van der Waals surface area contributed by atoms with Crippen LogP contribution in [0.15, 0.2) is 24.3 Å². The van der Waals surface area contributed by atoms with Crippen molar-refractivity contribution in [3.63, 3.8) is 0 Å². The second-order valence-electron chi connectivity index (χ2n) is 7.30. The fraction of sp³-hybridized carbons (Fsp3) is 0.579. The third kappa shape index (κ3) is 4.06. The maximum atomic E-state index is 13.1. The summed E-state index contributed by atoms with van der Waals surface area (Å²) in [5, 5.41) is 4.85. The molecule has 0 bridgehead atoms. The maximum Gasteiger partial charge on any atom is 0.226 e. The Bertz CT molecular complexity index is 837. The quantitative estimate of drug-likeness (QED) is 0.742. The summed E-state index contributed by atoms with van der Waals surface area (Å²) in [5.41, 5.74) is 1.09. The van der Waals surface area contributed by atoms with Crippen LogP contribution in [0.2, 0.25) is 0 Å². The van der Waals surface area contributed by atoms with Crippen molar-refractivity contribution in [2.24, 2.45) is 0 Å². The van der Waals surface area contributed by atoms with Gasteiger partial charge in [0.2, 0.25) is 10.7 Å². The van der Waals surface area contributed by atoms with E-state index in [4.69, 9.17) is 22.1 Å². The second kappa shape index (κ2) is 8.59. The molecule has 2 aliphatic heterocycles. The first-order chi connectivity index (χ1) is 13.7. The number of hydrogen-bond acceptors (Lipinski definition) is 5. The van der Waals surface area contributed by atoms with E-state index in [-0.39, 0.29) is 5.82 Å². The fourth-order valence-corrected chi connectivity index (χ4v) is 4.23. The molecule has 1 aromatic carbocycles. The Morgan fingerprint density at radius 3 is 2.39 bits per heavy atom. The van der Waals surface area contributed by atoms with Crippen molar-refractivity contribution in [3.05, 3.63) is 34.9 Å². The zero-order valence-corrected chi connectivity index (χ0v) is 17.1. The van der Waals surface area contributed by atoms with Crippen LogP contribution in [-0.2, 0) is 18.0 Å². The molecule has 0 atom stereocenters. The van der Waals surface area contributed by atoms with E-state index in [2.05, 4.69) is 21.3 Å². The van der Waals surface area contributed by atoms with Crippen molar-refractivity contribution >= 4 is 23.9 Å². The topological polar surface area (TPSA) is 42.9 Å². The predicted molar refractivity (Wildman–Crippen MR) is 109 cm³/mol. The fourth-order valence-electron chi connectivity index (χ4n) is 3.91. The third-order valence-corrected chi connectivity index (χ3v) is 5.98. The molecule has 1 N–H and O–H groups in total. The molecule has 0 spiro atoms. The van der Waals surface area contributed by atoms with E-state index in [1.165, 1.54) is 17.0 Å². The zero-order valence-electron chi connectivity index (χ0n) is 16.3. The van der Waals surface area contributed by atoms with Crippen LogP contribution in [0.4, 0.5) is 16.0 Å². The molecule has 0 amide bonds. The highest BCUT2D eigenvalue weighted by Crippen LogP contribution is 2.16. The second-order valence-corrected chi connectivity index (χ2v) is 7.66. The normalized spacial score (nSPS) is 18.6. The van der Waals surface area contributed by atoms with E-state index >= 15 is 0 Å². The van der Waals surface area contributed by atoms with E-state index in [0.29, 0.717) is 0 Å². The van der Waals surface area contributed by atoms with E-state index in [0.717, 1.165) is 82.1 Å². The first-order valence-corrected chi connectivity index (χ1v) is 10.4. The summed E-state index contributed by atoms with van der Waals surface area (Å²) in [6.07, 6.45) is 0. The highest BCUT2D eigenvalue weighted by Gasteiger charge is 2.24. The monoisotopic (exact) mass is 407 g/mol. The molecule has 7 nitrogen and oxygen atoms in total. The minimum atomic E-state index is -0.190. The van der Waals surface area contributed by atoms with E-state index < -0.39 is 0 Å². The SMILES string of the molecule is CCn1c(N2CCOCC2)nn(C[NH+]2CCN(c3ccc(F)cc3)CC2)c1=S. The van der Waals surface area contributed by atoms with Gasteiger partial charge in [-0.25, -0.2) is 4.39 Å². The minimum Gasteiger partial charge on any atom is -0.378 e. The first-order valence-electron chi connectivity index (χ1n) is 10.00. The van der Waals surface area contributed by atoms with Gasteiger partial charge in [0.1, 0.15) is 5.82 Å². The lowest BCUT2D eigenvalue weighted by Crippen LogP contribution is -3.14. The van der Waals surface area contributed by atoms with Crippen molar-refractivity contribution < 1.29 is 14.0 Å². The highest BCUT2D eigenvalue weighted by atomic mass is 32.1. The number of aromatic nitrogens is 3. The van der Waals surface area contributed by atoms with Crippen molar-refractivity contribution in [2.45, 2.75) is 20.1 Å². The number of piperazine rings is 1. The molecule has 2 saturated heterocycles. The summed E-state index contributed by atoms with van der Waals surface area (Å²) in [5.74, 6) is 0.769. The zero-order chi connectivity index (χ0) is 19.5. The lowest BCUT2D eigenvalue weighted by atomic mass is 10.2. The summed E-state index contributed by atoms with van der Waals surface area (Å²) in [7, 11) is 0. The molecule has 0 saturated carbocycles. The molecule has 2 aliphatic rings. The molecule has 1 aromatic heterocycles. The average Bonchev–Trinajstić information content (AvgIpc) is 3.05. The Morgan fingerprint density at radius 1 is 1.07 bits per heavy atom. The number of hydrogen-bond donors (Lipinski definition) is 1. The van der Waals surface area contributed by atoms with Gasteiger partial charge >= 0.3 is 0 Å². The van der Waals surface area contributed by atoms with Gasteiger partial charge in [-0.3, -0.25) is 4.57 Å². The van der Waals surface area contributed by atoms with Crippen LogP contribution >= 0.6 is 12.2 Å². The molecule has 28 heavy (non-hydrogen) atoms. The van der Waals surface area contributed by atoms with Crippen LogP contribution < -0.4 is 14.7 Å². The summed E-state index contributed by atoms with van der Waals surface area (Å²) in [4.78, 5) is 6.04. The molecular formula is C19H28FN6OS+. The predicted octanol–water partition coefficient (Wildman–Crippen LogP) is 0.772. The Kier molecular flexibility index (Phi) is 5.93. The van der Waals surface area contributed by atoms with Gasteiger partial charge in [0.25, 0.3) is 0 Å². The molecular weight excluding hydrogens is 379 g/mol. The van der Waals surface area contributed by atoms with Crippen molar-refractivity contribution in [1.29, 1.82) is 0 Å². The van der Waals surface area contributed by atoms with Gasteiger partial charge in [0, 0.05) is 25.3 Å². The Hall–Kier alpha value is -1.97. The number of nitrogens with one attached hydrogen (secondary N) is 1. The van der Waals surface area contributed by atoms with Crippen LogP contribution in [0.25, 0.3) is 0 Å². The van der Waals surface area contributed by atoms with Crippen LogP contribution in [0.5, 0.6) is 0 Å². The van der Waals surface area contributed by atoms with Crippen LogP contribution in [-0.4, -0.2) is 66.8 Å². The number of benzene rings is 1. The molecule has 0 radical (unpaired) electrons. The van der Waals surface area contributed by atoms with Gasteiger partial charge in [-0.15, -0.1) is 5.10 Å². The molecule has 3 heterocycles. The van der Waals surface area contributed by atoms with Gasteiger partial charge in [-0.05, 0) is 43.4 Å². The van der Waals surface area contributed by atoms with Gasteiger partial charge in [0.05, 0.1) is 39.4 Å². The number of halogens is 1. The van der Waals surface area contributed by atoms with E-state index in [1.807, 2.05) is 16.8 Å². The van der Waals surface area contributed by atoms with Gasteiger partial charge in [-0.2, -0.15) is 4.68 Å². The Balaban J connectivity index is 1.41. The minimum absolute atomic E-state index is 0.190. The Labute approximate surface area is 169 Å². The summed E-state index contributed by atoms with van der Waals surface area (Å²) in [6.45, 7) is 10.8. The van der Waals surface area contributed by atoms with Crippen LogP contribution in [0.3, 0.4) is 0 Å². The molecule has 152 valence electrons. The molecule has 0 unspecified atom stereocenters. The standard InChI is InChI=1S/C19H27FN6OS/c1-2-25-18(24-11-13-27-14-12-24)21-26(19(25)28)15-22-7-9-23(10-8-22)17-5-3-16(20)4-6-17/h3-6H,2,7-15H2,1H3/p+1. The van der Waals surface area contributed by atoms with E-state index in [9.17, 15) is 4.39 Å². The number of quaternary nitrogens is 1. The molecule has 9 heteroatoms. The number of nitrogens with zero attached hydrogens (tertiary/aromatic N) is 5. The molecule has 0 aliphatic carbocycles. The van der Waals surface area contributed by atoms with Crippen molar-refractivity contribution in [1.82, 2.24) is 14.3 Å². The third-order valence-electron chi connectivity index (χ3n) is 5.55. The maximum absolute atomic E-state index is 13.1. The van der Waals surface area contributed by atoms with Crippen molar-refractivity contribution in [3.8, 4) is 0 Å². The van der Waals surface area contributed by atoms with Gasteiger partial charge < -0.3 is 19.4 Å². The van der Waals surface area contributed by atoms with E-state index in [1.54, 1.807) is 0 Å². The average molecular weight is 408 g/mol. The summed E-state index contributed by atoms with van der Waals surface area (Å²) in [6, 6.07) is 6.76. The number of rotatable bonds is 5. The van der Waals surface area contributed by atoms with Gasteiger partial charge in [-0.1, -0.05) is 0 Å². The highest BCUT2D eigenvalue weighted by molar-refractivity contribution is 7.71. The molecule has 4 rings (SSSR count).